The van der Waals surface area contributed by atoms with Crippen molar-refractivity contribution in [1.29, 1.82) is 0 Å². The van der Waals surface area contributed by atoms with Crippen LogP contribution in [0.2, 0.25) is 0 Å². The highest BCUT2D eigenvalue weighted by Gasteiger charge is 1.82. The van der Waals surface area contributed by atoms with Gasteiger partial charge in [0.05, 0.1) is 0 Å². The molecule has 0 amide bonds. The highest BCUT2D eigenvalue weighted by atomic mass is 14.7. The third-order valence-electron chi connectivity index (χ3n) is 0.883. The first-order chi connectivity index (χ1) is 3.50. The number of nitrogens with zero attached hydrogens (tertiary/aromatic N) is 1. The Hall–Kier alpha value is -0.590. The maximum Gasteiger partial charge on any atom is 0.0224 e. The lowest BCUT2D eigenvalue weighted by Gasteiger charge is -1.79. The first-order valence-corrected chi connectivity index (χ1v) is 2.50. The first kappa shape index (κ1) is 4.57. The Morgan fingerprint density at radius 1 is 1.29 bits per heavy atom. The van der Waals surface area contributed by atoms with E-state index in [0.717, 1.165) is 12.8 Å². The van der Waals surface area contributed by atoms with Gasteiger partial charge < -0.3 is 0 Å². The summed E-state index contributed by atoms with van der Waals surface area (Å²) in [5.41, 5.74) is 0. The maximum absolute atomic E-state index is 3.91. The van der Waals surface area contributed by atoms with E-state index in [1.165, 1.54) is 0 Å². The molecular weight excluding hydrogens is 86.1 g/mol. The predicted octanol–water partition coefficient (Wildman–Crippen LogP) is 1.57. The van der Waals surface area contributed by atoms with E-state index < -0.39 is 0 Å². The normalized spacial score (nSPS) is 19.4. The van der Waals surface area contributed by atoms with Crippen molar-refractivity contribution >= 4 is 6.21 Å². The van der Waals surface area contributed by atoms with Gasteiger partial charge in [0.25, 0.3) is 0 Å². The van der Waals surface area contributed by atoms with Crippen LogP contribution >= 0.6 is 0 Å². The molecule has 0 saturated carbocycles. The minimum Gasteiger partial charge on any atom is -0.269 e. The summed E-state index contributed by atoms with van der Waals surface area (Å²) in [5.74, 6) is 0. The van der Waals surface area contributed by atoms with Gasteiger partial charge in [0, 0.05) is 18.8 Å². The monoisotopic (exact) mass is 94.1 g/mol. The van der Waals surface area contributed by atoms with Crippen LogP contribution in [0.4, 0.5) is 0 Å². The van der Waals surface area contributed by atoms with E-state index in [-0.39, 0.29) is 0 Å². The number of hydrogen-bond donors (Lipinski definition) is 0. The summed E-state index contributed by atoms with van der Waals surface area (Å²) < 4.78 is 0. The molecule has 0 atom stereocenters. The van der Waals surface area contributed by atoms with Crippen molar-refractivity contribution < 1.29 is 0 Å². The van der Waals surface area contributed by atoms with Gasteiger partial charge in [-0.3, -0.25) is 4.99 Å². The molecule has 0 aromatic rings. The van der Waals surface area contributed by atoms with Gasteiger partial charge in [0.15, 0.2) is 0 Å². The first-order valence-electron chi connectivity index (χ1n) is 2.50. The van der Waals surface area contributed by atoms with Crippen LogP contribution in [0.5, 0.6) is 0 Å². The van der Waals surface area contributed by atoms with E-state index in [1.54, 1.807) is 0 Å². The van der Waals surface area contributed by atoms with Crippen LogP contribution in [0.1, 0.15) is 12.8 Å². The zero-order valence-corrected chi connectivity index (χ0v) is 4.17. The van der Waals surface area contributed by atoms with Crippen molar-refractivity contribution in [2.75, 3.05) is 0 Å². The molecular formula is C6H8N. The summed E-state index contributed by atoms with van der Waals surface area (Å²) in [5, 5.41) is 0. The summed E-state index contributed by atoms with van der Waals surface area (Å²) >= 11 is 0. The molecule has 0 N–H and O–H groups in total. The number of rotatable bonds is 0. The molecule has 0 aromatic heterocycles. The van der Waals surface area contributed by atoms with Crippen LogP contribution in [0.15, 0.2) is 17.3 Å². The molecule has 37 valence electrons. The van der Waals surface area contributed by atoms with Gasteiger partial charge in [-0.1, -0.05) is 6.08 Å². The van der Waals surface area contributed by atoms with E-state index in [1.807, 2.05) is 12.4 Å². The molecule has 0 aliphatic carbocycles. The fourth-order valence-corrected chi connectivity index (χ4v) is 0.513. The molecule has 0 fully saturated rings. The quantitative estimate of drug-likeness (QED) is 0.432. The molecule has 1 rings (SSSR count). The van der Waals surface area contributed by atoms with Gasteiger partial charge in [0.1, 0.15) is 0 Å². The van der Waals surface area contributed by atoms with Crippen LogP contribution < -0.4 is 0 Å². The standard InChI is InChI=1S/C6H8N/c1-2-4-6-7-5-3-1/h3-6H,1-2H2. The number of allylic oxidation sites excluding steroid dienone is 1. The van der Waals surface area contributed by atoms with Crippen LogP contribution in [0, 0.1) is 6.42 Å². The third-order valence-corrected chi connectivity index (χ3v) is 0.883. The van der Waals surface area contributed by atoms with Crippen LogP contribution in [0.25, 0.3) is 0 Å². The van der Waals surface area contributed by atoms with Crippen molar-refractivity contribution in [3.63, 3.8) is 0 Å². The highest BCUT2D eigenvalue weighted by Crippen LogP contribution is 1.96. The van der Waals surface area contributed by atoms with Gasteiger partial charge in [-0.05, 0) is 12.8 Å². The summed E-state index contributed by atoms with van der Waals surface area (Å²) in [4.78, 5) is 3.91. The van der Waals surface area contributed by atoms with Crippen LogP contribution in [0.3, 0.4) is 0 Å². The van der Waals surface area contributed by atoms with Crippen LogP contribution in [-0.4, -0.2) is 6.21 Å². The topological polar surface area (TPSA) is 12.4 Å². The molecule has 1 heteroatoms. The van der Waals surface area contributed by atoms with Gasteiger partial charge in [-0.2, -0.15) is 0 Å². The molecule has 7 heavy (non-hydrogen) atoms. The van der Waals surface area contributed by atoms with Gasteiger partial charge >= 0.3 is 0 Å². The van der Waals surface area contributed by atoms with Crippen molar-refractivity contribution in [2.45, 2.75) is 12.8 Å². The van der Waals surface area contributed by atoms with E-state index in [9.17, 15) is 0 Å². The fraction of sp³-hybridized carbons (Fsp3) is 0.333. The van der Waals surface area contributed by atoms with E-state index in [0.29, 0.717) is 0 Å². The Bertz CT molecular complexity index is 80.4. The second-order valence-corrected chi connectivity index (χ2v) is 1.50. The molecule has 1 radical (unpaired) electrons. The molecule has 1 nitrogen and oxygen atoms in total. The Kier molecular flexibility index (Phi) is 1.67. The average molecular weight is 94.1 g/mol. The van der Waals surface area contributed by atoms with Crippen molar-refractivity contribution in [3.05, 3.63) is 18.7 Å². The molecule has 0 spiro atoms. The fourth-order valence-electron chi connectivity index (χ4n) is 0.513. The second-order valence-electron chi connectivity index (χ2n) is 1.50. The number of aliphatic imine (C=N–C) groups is 1. The molecule has 1 aliphatic rings. The molecule has 0 bridgehead atoms. The Balaban J connectivity index is 2.39. The predicted molar refractivity (Wildman–Crippen MR) is 31.2 cm³/mol. The summed E-state index contributed by atoms with van der Waals surface area (Å²) in [7, 11) is 0. The van der Waals surface area contributed by atoms with E-state index >= 15 is 0 Å². The smallest absolute Gasteiger partial charge is 0.0224 e. The zero-order chi connectivity index (χ0) is 4.95. The minimum absolute atomic E-state index is 1.14. The maximum atomic E-state index is 3.91. The van der Waals surface area contributed by atoms with Gasteiger partial charge in [-0.25, -0.2) is 0 Å². The highest BCUT2D eigenvalue weighted by molar-refractivity contribution is 5.68. The van der Waals surface area contributed by atoms with Crippen molar-refractivity contribution in [3.8, 4) is 0 Å². The Morgan fingerprint density at radius 3 is 3.29 bits per heavy atom. The molecule has 1 heterocycles. The third kappa shape index (κ3) is 1.53. The Morgan fingerprint density at radius 2 is 2.29 bits per heavy atom. The lowest BCUT2D eigenvalue weighted by atomic mass is 10.3. The second kappa shape index (κ2) is 2.56. The summed E-state index contributed by atoms with van der Waals surface area (Å²) in [6.45, 7) is 0. The van der Waals surface area contributed by atoms with Crippen LogP contribution in [-0.2, 0) is 0 Å². The summed E-state index contributed by atoms with van der Waals surface area (Å²) in [6.07, 6.45) is 10.1. The Labute approximate surface area is 43.8 Å². The largest absolute Gasteiger partial charge is 0.269 e. The van der Waals surface area contributed by atoms with Gasteiger partial charge in [-0.15, -0.1) is 0 Å². The molecule has 1 aliphatic heterocycles. The molecule has 0 saturated heterocycles. The number of hydrogen-bond acceptors (Lipinski definition) is 1. The van der Waals surface area contributed by atoms with Gasteiger partial charge in [0.2, 0.25) is 0 Å². The zero-order valence-electron chi connectivity index (χ0n) is 4.17. The van der Waals surface area contributed by atoms with Crippen molar-refractivity contribution in [1.82, 2.24) is 0 Å². The van der Waals surface area contributed by atoms with E-state index in [2.05, 4.69) is 17.5 Å². The summed E-state index contributed by atoms with van der Waals surface area (Å²) in [6, 6.07) is 0. The SMILES string of the molecule is [CH]1C=NC=CCC1. The molecule has 0 aromatic carbocycles. The van der Waals surface area contributed by atoms with Crippen molar-refractivity contribution in [2.24, 2.45) is 4.99 Å². The van der Waals surface area contributed by atoms with E-state index in [4.69, 9.17) is 0 Å². The average Bonchev–Trinajstić information content (AvgIpc) is 1.90. The lowest BCUT2D eigenvalue weighted by molar-refractivity contribution is 1.03. The lowest BCUT2D eigenvalue weighted by Crippen LogP contribution is -1.70. The minimum atomic E-state index is 1.14. The molecule has 0 unspecified atom stereocenters.